The third kappa shape index (κ3) is 1.93. The van der Waals surface area contributed by atoms with Gasteiger partial charge in [-0.15, -0.1) is 0 Å². The van der Waals surface area contributed by atoms with Crippen molar-refractivity contribution in [3.63, 3.8) is 0 Å². The molecule has 4 aliphatic heterocycles. The van der Waals surface area contributed by atoms with Crippen LogP contribution in [0.5, 0.6) is 0 Å². The summed E-state index contributed by atoms with van der Waals surface area (Å²) in [5.41, 5.74) is 0. The van der Waals surface area contributed by atoms with Gasteiger partial charge in [0.15, 0.2) is 0 Å². The maximum absolute atomic E-state index is 4.34. The summed E-state index contributed by atoms with van der Waals surface area (Å²) in [6.07, 6.45) is 5.22. The Morgan fingerprint density at radius 1 is 1.12 bits per heavy atom. The van der Waals surface area contributed by atoms with Gasteiger partial charge >= 0.3 is 0 Å². The van der Waals surface area contributed by atoms with Gasteiger partial charge in [0.1, 0.15) is 13.1 Å². The van der Waals surface area contributed by atoms with Crippen LogP contribution in [0, 0.1) is 0 Å². The highest BCUT2D eigenvalue weighted by molar-refractivity contribution is 5.85. The highest BCUT2D eigenvalue weighted by Crippen LogP contribution is 2.14. The fourth-order valence-electron chi connectivity index (χ4n) is 2.95. The Morgan fingerprint density at radius 2 is 2.12 bits per heavy atom. The van der Waals surface area contributed by atoms with E-state index in [9.17, 15) is 0 Å². The maximum atomic E-state index is 4.34. The number of nitrogens with one attached hydrogen (secondary N) is 1. The average Bonchev–Trinajstić information content (AvgIpc) is 2.99. The molecule has 88 valence electrons. The molecule has 0 aliphatic carbocycles. The fraction of sp³-hybridized carbons (Fsp3) is 0.833. The lowest BCUT2D eigenvalue weighted by Crippen LogP contribution is -2.20. The van der Waals surface area contributed by atoms with Crippen LogP contribution in [0.1, 0.15) is 25.7 Å². The molecule has 0 aromatic rings. The molecule has 0 aromatic heterocycles. The third-order valence-electron chi connectivity index (χ3n) is 3.79. The molecule has 4 heteroatoms. The molecular weight excluding hydrogens is 200 g/mol. The Morgan fingerprint density at radius 3 is 3.00 bits per heavy atom. The van der Waals surface area contributed by atoms with Gasteiger partial charge in [-0.25, -0.2) is 0 Å². The molecule has 0 bridgehead atoms. The minimum atomic E-state index is 1.05. The van der Waals surface area contributed by atoms with Crippen LogP contribution in [-0.2, 0) is 0 Å². The van der Waals surface area contributed by atoms with Crippen LogP contribution in [0.2, 0.25) is 0 Å². The first-order valence-electron chi connectivity index (χ1n) is 6.56. The predicted molar refractivity (Wildman–Crippen MR) is 65.3 cm³/mol. The average molecular weight is 221 g/mol. The molecule has 4 rings (SSSR count). The van der Waals surface area contributed by atoms with E-state index in [1.165, 1.54) is 70.1 Å². The second-order valence-electron chi connectivity index (χ2n) is 4.85. The van der Waals surface area contributed by atoms with E-state index in [4.69, 9.17) is 0 Å². The van der Waals surface area contributed by atoms with E-state index in [1.807, 2.05) is 0 Å². The molecule has 1 fully saturated rings. The van der Waals surface area contributed by atoms with Gasteiger partial charge < -0.3 is 4.90 Å². The van der Waals surface area contributed by atoms with Crippen molar-refractivity contribution in [2.24, 2.45) is 4.99 Å². The van der Waals surface area contributed by atoms with Crippen molar-refractivity contribution in [3.8, 4) is 0 Å². The quantitative estimate of drug-likeness (QED) is 0.596. The Labute approximate surface area is 97.0 Å². The van der Waals surface area contributed by atoms with E-state index in [1.54, 1.807) is 0 Å². The monoisotopic (exact) mass is 221 g/mol. The smallest absolute Gasteiger partial charge is 0.245 e. The first-order chi connectivity index (χ1) is 7.93. The number of hydrogen-bond acceptors (Lipinski definition) is 3. The minimum Gasteiger partial charge on any atom is -0.359 e. The summed E-state index contributed by atoms with van der Waals surface area (Å²) < 4.78 is 2.44. The molecule has 0 unspecified atom stereocenters. The van der Waals surface area contributed by atoms with Gasteiger partial charge in [-0.1, -0.05) is 0 Å². The Kier molecular flexibility index (Phi) is 2.80. The SMILES string of the molecule is C1CC2=NCCN2C1.C1CC2=[N+](C1)CCN2. The Bertz CT molecular complexity index is 304. The molecule has 0 atom stereocenters. The van der Waals surface area contributed by atoms with E-state index >= 15 is 0 Å². The largest absolute Gasteiger partial charge is 0.359 e. The first kappa shape index (κ1) is 10.1. The number of nitrogens with zero attached hydrogens (tertiary/aromatic N) is 3. The highest BCUT2D eigenvalue weighted by Gasteiger charge is 2.24. The first-order valence-corrected chi connectivity index (χ1v) is 6.56. The molecule has 4 heterocycles. The van der Waals surface area contributed by atoms with Crippen LogP contribution >= 0.6 is 0 Å². The van der Waals surface area contributed by atoms with Crippen molar-refractivity contribution in [1.82, 2.24) is 10.2 Å². The Hall–Kier alpha value is -1.06. The van der Waals surface area contributed by atoms with E-state index < -0.39 is 0 Å². The number of amidine groups is 2. The van der Waals surface area contributed by atoms with Crippen molar-refractivity contribution in [3.05, 3.63) is 0 Å². The van der Waals surface area contributed by atoms with Crippen molar-refractivity contribution in [2.75, 3.05) is 39.3 Å². The van der Waals surface area contributed by atoms with Crippen molar-refractivity contribution < 1.29 is 4.58 Å². The van der Waals surface area contributed by atoms with Crippen LogP contribution in [0.3, 0.4) is 0 Å². The minimum absolute atomic E-state index is 1.05. The molecule has 0 saturated carbocycles. The summed E-state index contributed by atoms with van der Waals surface area (Å²) in [6, 6.07) is 0. The molecule has 16 heavy (non-hydrogen) atoms. The summed E-state index contributed by atoms with van der Waals surface area (Å²) in [6.45, 7) is 7.22. The molecule has 1 N–H and O–H groups in total. The second kappa shape index (κ2) is 4.44. The standard InChI is InChI=1S/2C6H10N2/c2*1-2-6-7-3-5-8(6)4-1/h2*1-5H2/p+1. The topological polar surface area (TPSA) is 30.6 Å². The number of hydrogen-bond donors (Lipinski definition) is 1. The summed E-state index contributed by atoms with van der Waals surface area (Å²) in [5.74, 6) is 2.86. The molecule has 0 spiro atoms. The fourth-order valence-corrected chi connectivity index (χ4v) is 2.95. The zero-order valence-electron chi connectivity index (χ0n) is 9.91. The lowest BCUT2D eigenvalue weighted by atomic mass is 10.3. The van der Waals surface area contributed by atoms with Crippen LogP contribution in [0.25, 0.3) is 0 Å². The zero-order chi connectivity index (χ0) is 10.8. The van der Waals surface area contributed by atoms with Crippen LogP contribution in [0.15, 0.2) is 4.99 Å². The second-order valence-corrected chi connectivity index (χ2v) is 4.85. The molecule has 0 amide bonds. The van der Waals surface area contributed by atoms with Gasteiger partial charge in [0.25, 0.3) is 0 Å². The third-order valence-corrected chi connectivity index (χ3v) is 3.79. The van der Waals surface area contributed by atoms with Crippen LogP contribution in [0.4, 0.5) is 0 Å². The highest BCUT2D eigenvalue weighted by atomic mass is 15.2. The molecular formula is C12H21N4+. The molecule has 4 nitrogen and oxygen atoms in total. The van der Waals surface area contributed by atoms with E-state index in [0.29, 0.717) is 0 Å². The maximum Gasteiger partial charge on any atom is 0.245 e. The van der Waals surface area contributed by atoms with Crippen molar-refractivity contribution in [1.29, 1.82) is 0 Å². The van der Waals surface area contributed by atoms with Gasteiger partial charge in [-0.05, 0) is 12.8 Å². The van der Waals surface area contributed by atoms with Gasteiger partial charge in [0.2, 0.25) is 5.84 Å². The summed E-state index contributed by atoms with van der Waals surface area (Å²) in [7, 11) is 0. The number of fused-ring (bicyclic) bond motifs is 1. The molecule has 0 aromatic carbocycles. The van der Waals surface area contributed by atoms with E-state index in [-0.39, 0.29) is 0 Å². The summed E-state index contributed by atoms with van der Waals surface area (Å²) in [5, 5.41) is 3.36. The summed E-state index contributed by atoms with van der Waals surface area (Å²) in [4.78, 5) is 6.73. The lowest BCUT2D eigenvalue weighted by molar-refractivity contribution is -0.509. The molecule has 1 saturated heterocycles. The van der Waals surface area contributed by atoms with Crippen LogP contribution < -0.4 is 5.32 Å². The van der Waals surface area contributed by atoms with Gasteiger partial charge in [0.05, 0.1) is 25.3 Å². The van der Waals surface area contributed by atoms with Gasteiger partial charge in [0, 0.05) is 19.5 Å². The van der Waals surface area contributed by atoms with Crippen molar-refractivity contribution >= 4 is 11.7 Å². The zero-order valence-corrected chi connectivity index (χ0v) is 9.91. The molecule has 4 aliphatic rings. The van der Waals surface area contributed by atoms with Crippen molar-refractivity contribution in [2.45, 2.75) is 25.7 Å². The van der Waals surface area contributed by atoms with Gasteiger partial charge in [-0.2, -0.15) is 0 Å². The predicted octanol–water partition coefficient (Wildman–Crippen LogP) is 0.289. The number of aliphatic imine (C=N–C) groups is 1. The molecule has 0 radical (unpaired) electrons. The van der Waals surface area contributed by atoms with E-state index in [0.717, 1.165) is 6.54 Å². The van der Waals surface area contributed by atoms with Crippen LogP contribution in [-0.4, -0.2) is 60.4 Å². The summed E-state index contributed by atoms with van der Waals surface area (Å²) >= 11 is 0. The Balaban J connectivity index is 0.000000101. The van der Waals surface area contributed by atoms with Gasteiger partial charge in [-0.3, -0.25) is 14.9 Å². The van der Waals surface area contributed by atoms with E-state index in [2.05, 4.69) is 19.8 Å². The lowest BCUT2D eigenvalue weighted by Gasteiger charge is -2.08. The number of rotatable bonds is 0. The normalized spacial score (nSPS) is 26.0.